The number of rotatable bonds is 8. The van der Waals surface area contributed by atoms with Crippen LogP contribution >= 0.6 is 12.6 Å². The fourth-order valence-corrected chi connectivity index (χ4v) is 2.54. The number of thiol groups is 1. The molecule has 2 atom stereocenters. The van der Waals surface area contributed by atoms with Crippen LogP contribution in [0.1, 0.15) is 31.7 Å². The van der Waals surface area contributed by atoms with Crippen LogP contribution in [0.25, 0.3) is 0 Å². The molecule has 0 aliphatic carbocycles. The Morgan fingerprint density at radius 3 is 2.22 bits per heavy atom. The largest absolute Gasteiger partial charge is 0.497 e. The zero-order chi connectivity index (χ0) is 17.4. The predicted molar refractivity (Wildman–Crippen MR) is 93.0 cm³/mol. The summed E-state index contributed by atoms with van der Waals surface area (Å²) in [4.78, 5) is 24.3. The maximum Gasteiger partial charge on any atom is 0.329 e. The Morgan fingerprint density at radius 1 is 1.17 bits per heavy atom. The van der Waals surface area contributed by atoms with E-state index in [1.54, 1.807) is 7.11 Å². The number of benzene rings is 1. The molecule has 0 saturated carbocycles. The van der Waals surface area contributed by atoms with E-state index >= 15 is 0 Å². The second kappa shape index (κ2) is 9.45. The van der Waals surface area contributed by atoms with Crippen LogP contribution in [0.3, 0.4) is 0 Å². The van der Waals surface area contributed by atoms with E-state index in [-0.39, 0.29) is 17.6 Å². The van der Waals surface area contributed by atoms with Crippen molar-refractivity contribution in [3.63, 3.8) is 0 Å². The topological polar surface area (TPSA) is 64.6 Å². The Hall–Kier alpha value is -1.69. The fourth-order valence-electron chi connectivity index (χ4n) is 2.30. The number of methoxy groups -OCH3 is 2. The summed E-state index contributed by atoms with van der Waals surface area (Å²) in [5.74, 6) is 0.225. The summed E-state index contributed by atoms with van der Waals surface area (Å²) in [6.45, 7) is 4.11. The van der Waals surface area contributed by atoms with Crippen LogP contribution in [0, 0.1) is 5.92 Å². The molecular weight excluding hydrogens is 314 g/mol. The number of ether oxygens (including phenoxy) is 2. The van der Waals surface area contributed by atoms with Crippen molar-refractivity contribution in [2.45, 2.75) is 32.2 Å². The minimum Gasteiger partial charge on any atom is -0.497 e. The lowest BCUT2D eigenvalue weighted by atomic mass is 9.89. The normalized spacial score (nSPS) is 13.3. The van der Waals surface area contributed by atoms with Crippen LogP contribution in [-0.4, -0.2) is 37.9 Å². The number of carbonyl (C=O) groups is 2. The van der Waals surface area contributed by atoms with Gasteiger partial charge in [-0.05, 0) is 30.0 Å². The van der Waals surface area contributed by atoms with Gasteiger partial charge in [-0.15, -0.1) is 0 Å². The van der Waals surface area contributed by atoms with Crippen molar-refractivity contribution in [3.05, 3.63) is 29.8 Å². The third-order valence-corrected chi connectivity index (χ3v) is 3.89. The number of hydrogen-bond donors (Lipinski definition) is 2. The van der Waals surface area contributed by atoms with E-state index in [1.807, 2.05) is 24.3 Å². The van der Waals surface area contributed by atoms with Crippen molar-refractivity contribution in [2.75, 3.05) is 20.0 Å². The molecule has 0 bridgehead atoms. The van der Waals surface area contributed by atoms with Gasteiger partial charge in [-0.1, -0.05) is 26.0 Å². The molecule has 1 aromatic rings. The molecule has 0 aliphatic rings. The Labute approximate surface area is 143 Å². The summed E-state index contributed by atoms with van der Waals surface area (Å²) >= 11 is 4.10. The molecule has 0 aromatic heterocycles. The molecule has 128 valence electrons. The Morgan fingerprint density at radius 2 is 1.78 bits per heavy atom. The van der Waals surface area contributed by atoms with Crippen molar-refractivity contribution in [1.82, 2.24) is 5.32 Å². The molecular formula is C17H25NO4S. The molecule has 1 amide bonds. The highest BCUT2D eigenvalue weighted by Gasteiger charge is 2.27. The smallest absolute Gasteiger partial charge is 0.329 e. The van der Waals surface area contributed by atoms with E-state index in [0.29, 0.717) is 12.3 Å². The van der Waals surface area contributed by atoms with Crippen molar-refractivity contribution < 1.29 is 19.1 Å². The first-order chi connectivity index (χ1) is 10.9. The molecule has 23 heavy (non-hydrogen) atoms. The zero-order valence-electron chi connectivity index (χ0n) is 14.0. The second-order valence-corrected chi connectivity index (χ2v) is 6.09. The molecule has 0 heterocycles. The van der Waals surface area contributed by atoms with Gasteiger partial charge < -0.3 is 14.8 Å². The molecule has 1 aromatic carbocycles. The summed E-state index contributed by atoms with van der Waals surface area (Å²) in [6.07, 6.45) is 0.679. The Balaban J connectivity index is 2.95. The van der Waals surface area contributed by atoms with Crippen molar-refractivity contribution in [1.29, 1.82) is 0 Å². The Kier molecular flexibility index (Phi) is 7.95. The standard InChI is InChI=1S/C17H25NO4S/c1-11(2)9-14(12-5-7-13(21-3)8-6-12)16(19)18-15(10-23)17(20)22-4/h5-8,11,14-15,23H,9-10H2,1-4H3,(H,18,19)/t14-,15-/m0/s1. The van der Waals surface area contributed by atoms with E-state index < -0.39 is 12.0 Å². The highest BCUT2D eigenvalue weighted by Crippen LogP contribution is 2.26. The van der Waals surface area contributed by atoms with E-state index in [4.69, 9.17) is 4.74 Å². The first-order valence-corrected chi connectivity index (χ1v) is 8.19. The fraction of sp³-hybridized carbons (Fsp3) is 0.529. The summed E-state index contributed by atoms with van der Waals surface area (Å²) < 4.78 is 9.83. The third kappa shape index (κ3) is 5.78. The molecule has 0 unspecified atom stereocenters. The summed E-state index contributed by atoms with van der Waals surface area (Å²) in [5.41, 5.74) is 0.889. The minimum absolute atomic E-state index is 0.190. The third-order valence-electron chi connectivity index (χ3n) is 3.53. The first kappa shape index (κ1) is 19.4. The van der Waals surface area contributed by atoms with E-state index in [1.165, 1.54) is 7.11 Å². The number of nitrogens with one attached hydrogen (secondary N) is 1. The van der Waals surface area contributed by atoms with Gasteiger partial charge in [0.2, 0.25) is 5.91 Å². The molecule has 5 nitrogen and oxygen atoms in total. The van der Waals surface area contributed by atoms with Gasteiger partial charge in [-0.3, -0.25) is 4.79 Å². The summed E-state index contributed by atoms with van der Waals surface area (Å²) in [5, 5.41) is 2.73. The van der Waals surface area contributed by atoms with Gasteiger partial charge in [0.1, 0.15) is 11.8 Å². The van der Waals surface area contributed by atoms with Crippen molar-refractivity contribution in [2.24, 2.45) is 5.92 Å². The lowest BCUT2D eigenvalue weighted by Gasteiger charge is -2.22. The SMILES string of the molecule is COC(=O)[C@H](CS)NC(=O)[C@@H](CC(C)C)c1ccc(OC)cc1. The van der Waals surface area contributed by atoms with E-state index in [9.17, 15) is 9.59 Å². The minimum atomic E-state index is -0.747. The van der Waals surface area contributed by atoms with Gasteiger partial charge in [0.25, 0.3) is 0 Å². The van der Waals surface area contributed by atoms with Gasteiger partial charge >= 0.3 is 5.97 Å². The summed E-state index contributed by atoms with van der Waals surface area (Å²) in [7, 11) is 2.89. The van der Waals surface area contributed by atoms with Crippen LogP contribution < -0.4 is 10.1 Å². The molecule has 0 spiro atoms. The van der Waals surface area contributed by atoms with Crippen LogP contribution in [-0.2, 0) is 14.3 Å². The molecule has 1 N–H and O–H groups in total. The van der Waals surface area contributed by atoms with Gasteiger partial charge in [0.15, 0.2) is 0 Å². The van der Waals surface area contributed by atoms with Gasteiger partial charge in [0.05, 0.1) is 20.1 Å². The molecule has 0 aliphatic heterocycles. The monoisotopic (exact) mass is 339 g/mol. The molecule has 0 radical (unpaired) electrons. The maximum absolute atomic E-state index is 12.6. The molecule has 0 fully saturated rings. The van der Waals surface area contributed by atoms with E-state index in [0.717, 1.165) is 11.3 Å². The van der Waals surface area contributed by atoms with Crippen LogP contribution in [0.5, 0.6) is 5.75 Å². The van der Waals surface area contributed by atoms with Gasteiger partial charge in [0, 0.05) is 5.75 Å². The number of amides is 1. The zero-order valence-corrected chi connectivity index (χ0v) is 14.9. The Bertz CT molecular complexity index is 516. The first-order valence-electron chi connectivity index (χ1n) is 7.55. The van der Waals surface area contributed by atoms with Crippen molar-refractivity contribution in [3.8, 4) is 5.75 Å². The lowest BCUT2D eigenvalue weighted by Crippen LogP contribution is -2.45. The van der Waals surface area contributed by atoms with Gasteiger partial charge in [-0.2, -0.15) is 12.6 Å². The van der Waals surface area contributed by atoms with Crippen LogP contribution in [0.4, 0.5) is 0 Å². The lowest BCUT2D eigenvalue weighted by molar-refractivity contribution is -0.144. The highest BCUT2D eigenvalue weighted by molar-refractivity contribution is 7.80. The summed E-state index contributed by atoms with van der Waals surface area (Å²) in [6, 6.07) is 6.65. The number of carbonyl (C=O) groups excluding carboxylic acids is 2. The average molecular weight is 339 g/mol. The molecule has 6 heteroatoms. The maximum atomic E-state index is 12.6. The van der Waals surface area contributed by atoms with Gasteiger partial charge in [-0.25, -0.2) is 4.79 Å². The highest BCUT2D eigenvalue weighted by atomic mass is 32.1. The number of hydrogen-bond acceptors (Lipinski definition) is 5. The van der Waals surface area contributed by atoms with E-state index in [2.05, 4.69) is 36.5 Å². The quantitative estimate of drug-likeness (QED) is 0.564. The van der Waals surface area contributed by atoms with Crippen LogP contribution in [0.2, 0.25) is 0 Å². The second-order valence-electron chi connectivity index (χ2n) is 5.72. The van der Waals surface area contributed by atoms with Crippen LogP contribution in [0.15, 0.2) is 24.3 Å². The number of esters is 1. The predicted octanol–water partition coefficient (Wildman–Crippen LogP) is 2.41. The average Bonchev–Trinajstić information content (AvgIpc) is 2.56. The molecule has 1 rings (SSSR count). The molecule has 0 saturated heterocycles. The van der Waals surface area contributed by atoms with Crippen molar-refractivity contribution >= 4 is 24.5 Å².